The van der Waals surface area contributed by atoms with E-state index in [0.717, 1.165) is 12.1 Å². The number of aryl methyl sites for hydroxylation is 1. The van der Waals surface area contributed by atoms with Gasteiger partial charge in [-0.25, -0.2) is 0 Å². The Labute approximate surface area is 152 Å². The lowest BCUT2D eigenvalue weighted by Gasteiger charge is -2.12. The van der Waals surface area contributed by atoms with Crippen LogP contribution in [-0.4, -0.2) is 49.6 Å². The topological polar surface area (TPSA) is 153 Å². The third-order valence-corrected chi connectivity index (χ3v) is 3.70. The molecule has 0 aliphatic rings. The number of likely N-dealkylation sites (N-methyl/N-ethyl adjacent to an activating group) is 1. The van der Waals surface area contributed by atoms with Crippen molar-refractivity contribution in [2.24, 2.45) is 7.05 Å². The van der Waals surface area contributed by atoms with Gasteiger partial charge in [0.1, 0.15) is 12.0 Å². The largest absolute Gasteiger partial charge is 0.504 e. The summed E-state index contributed by atoms with van der Waals surface area (Å²) in [6.45, 7) is 0. The van der Waals surface area contributed by atoms with Crippen LogP contribution in [0.15, 0.2) is 29.6 Å². The first-order valence-corrected chi connectivity index (χ1v) is 7.52. The number of amides is 2. The molecule has 0 saturated heterocycles. The molecule has 0 saturated carbocycles. The summed E-state index contributed by atoms with van der Waals surface area (Å²) in [5.74, 6) is -2.38. The number of hydrogen-bond donors (Lipinski definition) is 5. The van der Waals surface area contributed by atoms with E-state index in [0.29, 0.717) is 0 Å². The third-order valence-electron chi connectivity index (χ3n) is 3.32. The second-order valence-electron chi connectivity index (χ2n) is 5.07. The molecule has 26 heavy (non-hydrogen) atoms. The highest BCUT2D eigenvalue weighted by atomic mass is 35.5. The molecule has 0 radical (unpaired) electrons. The van der Waals surface area contributed by atoms with Gasteiger partial charge in [0.05, 0.1) is 10.6 Å². The highest BCUT2D eigenvalue weighted by Gasteiger charge is 2.24. The van der Waals surface area contributed by atoms with Crippen LogP contribution in [0.4, 0.5) is 5.95 Å². The second-order valence-corrected chi connectivity index (χ2v) is 5.44. The lowest BCUT2D eigenvalue weighted by molar-refractivity contribution is -0.115. The first kappa shape index (κ1) is 18.9. The molecule has 10 nitrogen and oxygen atoms in total. The van der Waals surface area contributed by atoms with E-state index in [9.17, 15) is 19.8 Å². The van der Waals surface area contributed by atoms with Crippen LogP contribution >= 0.6 is 11.6 Å². The number of hydrogen-bond acceptors (Lipinski definition) is 7. The lowest BCUT2D eigenvalue weighted by Crippen LogP contribution is -2.27. The molecule has 1 aromatic heterocycles. The lowest BCUT2D eigenvalue weighted by atomic mass is 10.0. The summed E-state index contributed by atoms with van der Waals surface area (Å²) in [6.07, 6.45) is 1.35. The van der Waals surface area contributed by atoms with E-state index in [-0.39, 0.29) is 17.1 Å². The number of aromatic nitrogens is 3. The standard InChI is InChI=1S/C15H15ClN6O4/c1-18-13(25)10(7-3-4-8(23)9(24)5-7)11(16)12(17)14(26)20-15-21-19-6-22(15)2/h3-6,17,23-24H,1-2H3,(H,18,25)(H,20,21,26)/b11-10+,17-12?. The smallest absolute Gasteiger partial charge is 0.277 e. The van der Waals surface area contributed by atoms with Gasteiger partial charge in [0.25, 0.3) is 11.8 Å². The Morgan fingerprint density at radius 3 is 2.46 bits per heavy atom. The average molecular weight is 379 g/mol. The highest BCUT2D eigenvalue weighted by molar-refractivity contribution is 6.64. The van der Waals surface area contributed by atoms with Gasteiger partial charge in [0, 0.05) is 14.1 Å². The van der Waals surface area contributed by atoms with Crippen molar-refractivity contribution in [3.8, 4) is 11.5 Å². The molecule has 0 bridgehead atoms. The van der Waals surface area contributed by atoms with Gasteiger partial charge in [-0.05, 0) is 17.7 Å². The third kappa shape index (κ3) is 3.81. The van der Waals surface area contributed by atoms with Crippen molar-refractivity contribution in [2.45, 2.75) is 0 Å². The van der Waals surface area contributed by atoms with E-state index < -0.39 is 34.1 Å². The van der Waals surface area contributed by atoms with Gasteiger partial charge in [-0.2, -0.15) is 0 Å². The molecule has 0 fully saturated rings. The summed E-state index contributed by atoms with van der Waals surface area (Å²) in [7, 11) is 2.93. The van der Waals surface area contributed by atoms with Crippen LogP contribution in [0.25, 0.3) is 5.57 Å². The molecule has 0 atom stereocenters. The fraction of sp³-hybridized carbons (Fsp3) is 0.133. The molecular weight excluding hydrogens is 364 g/mol. The number of phenolic OH excluding ortho intramolecular Hbond substituents is 2. The zero-order chi connectivity index (χ0) is 19.4. The number of anilines is 1. The van der Waals surface area contributed by atoms with Crippen LogP contribution in [0, 0.1) is 5.41 Å². The second kappa shape index (κ2) is 7.66. The molecule has 0 spiro atoms. The summed E-state index contributed by atoms with van der Waals surface area (Å²) in [4.78, 5) is 24.4. The van der Waals surface area contributed by atoms with Gasteiger partial charge in [-0.1, -0.05) is 17.7 Å². The van der Waals surface area contributed by atoms with Gasteiger partial charge in [-0.3, -0.25) is 20.3 Å². The number of carbonyl (C=O) groups is 2. The Bertz CT molecular complexity index is 921. The Balaban J connectivity index is 2.43. The SMILES string of the molecule is CNC(=O)/C(=C(/Cl)C(=N)C(=O)Nc1nncn1C)c1ccc(O)c(O)c1. The van der Waals surface area contributed by atoms with Crippen molar-refractivity contribution < 1.29 is 19.8 Å². The molecule has 11 heteroatoms. The predicted molar refractivity (Wildman–Crippen MR) is 94.0 cm³/mol. The predicted octanol–water partition coefficient (Wildman–Crippen LogP) is 0.581. The molecule has 1 aromatic carbocycles. The fourth-order valence-corrected chi connectivity index (χ4v) is 2.23. The number of halogens is 1. The average Bonchev–Trinajstić information content (AvgIpc) is 3.01. The Morgan fingerprint density at radius 1 is 1.23 bits per heavy atom. The summed E-state index contributed by atoms with van der Waals surface area (Å²) >= 11 is 6.12. The number of rotatable bonds is 5. The van der Waals surface area contributed by atoms with Crippen LogP contribution in [0.5, 0.6) is 11.5 Å². The fourth-order valence-electron chi connectivity index (χ4n) is 1.95. The summed E-state index contributed by atoms with van der Waals surface area (Å²) < 4.78 is 1.42. The van der Waals surface area contributed by atoms with Crippen molar-refractivity contribution in [3.63, 3.8) is 0 Å². The van der Waals surface area contributed by atoms with Gasteiger partial charge >= 0.3 is 0 Å². The van der Waals surface area contributed by atoms with E-state index in [1.54, 1.807) is 7.05 Å². The van der Waals surface area contributed by atoms with E-state index >= 15 is 0 Å². The minimum absolute atomic E-state index is 0.0907. The minimum atomic E-state index is -0.907. The van der Waals surface area contributed by atoms with Crippen molar-refractivity contribution >= 4 is 40.6 Å². The normalized spacial score (nSPS) is 11.5. The van der Waals surface area contributed by atoms with E-state index in [2.05, 4.69) is 20.8 Å². The quantitative estimate of drug-likeness (QED) is 0.291. The first-order chi connectivity index (χ1) is 12.3. The number of nitrogens with zero attached hydrogens (tertiary/aromatic N) is 3. The van der Waals surface area contributed by atoms with Gasteiger partial charge in [0.2, 0.25) is 5.95 Å². The van der Waals surface area contributed by atoms with Crippen LogP contribution in [0.3, 0.4) is 0 Å². The minimum Gasteiger partial charge on any atom is -0.504 e. The van der Waals surface area contributed by atoms with Crippen molar-refractivity contribution in [2.75, 3.05) is 12.4 Å². The van der Waals surface area contributed by atoms with Crippen molar-refractivity contribution in [1.29, 1.82) is 5.41 Å². The van der Waals surface area contributed by atoms with Crippen LogP contribution in [-0.2, 0) is 16.6 Å². The molecule has 2 aromatic rings. The van der Waals surface area contributed by atoms with Crippen LogP contribution in [0.1, 0.15) is 5.56 Å². The number of benzene rings is 1. The maximum Gasteiger partial charge on any atom is 0.277 e. The van der Waals surface area contributed by atoms with Crippen LogP contribution < -0.4 is 10.6 Å². The Kier molecular flexibility index (Phi) is 5.58. The molecule has 136 valence electrons. The maximum absolute atomic E-state index is 12.2. The van der Waals surface area contributed by atoms with E-state index in [4.69, 9.17) is 17.0 Å². The Hall–Kier alpha value is -3.40. The van der Waals surface area contributed by atoms with Gasteiger partial charge in [-0.15, -0.1) is 10.2 Å². The zero-order valence-corrected chi connectivity index (χ0v) is 14.5. The number of aromatic hydroxyl groups is 2. The molecule has 1 heterocycles. The molecule has 2 amide bonds. The van der Waals surface area contributed by atoms with Gasteiger partial charge in [0.15, 0.2) is 11.5 Å². The van der Waals surface area contributed by atoms with Crippen molar-refractivity contribution in [1.82, 2.24) is 20.1 Å². The number of phenols is 2. The van der Waals surface area contributed by atoms with E-state index in [1.807, 2.05) is 0 Å². The highest BCUT2D eigenvalue weighted by Crippen LogP contribution is 2.31. The molecule has 0 aliphatic heterocycles. The van der Waals surface area contributed by atoms with Crippen LogP contribution in [0.2, 0.25) is 0 Å². The maximum atomic E-state index is 12.2. The number of carbonyl (C=O) groups excluding carboxylic acids is 2. The summed E-state index contributed by atoms with van der Waals surface area (Å²) in [5.41, 5.74) is -0.802. The number of nitrogens with one attached hydrogen (secondary N) is 3. The van der Waals surface area contributed by atoms with Gasteiger partial charge < -0.3 is 20.1 Å². The first-order valence-electron chi connectivity index (χ1n) is 7.14. The zero-order valence-electron chi connectivity index (χ0n) is 13.7. The molecule has 2 rings (SSSR count). The summed E-state index contributed by atoms with van der Waals surface area (Å²) in [5, 5.41) is 38.5. The summed E-state index contributed by atoms with van der Waals surface area (Å²) in [6, 6.07) is 3.56. The molecule has 0 unspecified atom stereocenters. The molecule has 0 aliphatic carbocycles. The Morgan fingerprint density at radius 2 is 1.92 bits per heavy atom. The monoisotopic (exact) mass is 378 g/mol. The molecule has 5 N–H and O–H groups in total. The van der Waals surface area contributed by atoms with E-state index in [1.165, 1.54) is 24.0 Å². The van der Waals surface area contributed by atoms with Crippen molar-refractivity contribution in [3.05, 3.63) is 35.1 Å². The molecular formula is C15H15ClN6O4.